The van der Waals surface area contributed by atoms with Gasteiger partial charge in [0.15, 0.2) is 0 Å². The molecule has 21 heavy (non-hydrogen) atoms. The minimum Gasteiger partial charge on any atom is -0.480 e. The number of aromatic nitrogens is 1. The van der Waals surface area contributed by atoms with Crippen molar-refractivity contribution in [3.05, 3.63) is 54.0 Å². The number of nitrogens with zero attached hydrogens (tertiary/aromatic N) is 1. The van der Waals surface area contributed by atoms with Crippen molar-refractivity contribution < 1.29 is 9.13 Å². The Morgan fingerprint density at radius 1 is 1.24 bits per heavy atom. The van der Waals surface area contributed by atoms with E-state index in [0.717, 1.165) is 30.5 Å². The van der Waals surface area contributed by atoms with Gasteiger partial charge in [0.1, 0.15) is 5.82 Å². The summed E-state index contributed by atoms with van der Waals surface area (Å²) >= 11 is 0. The summed E-state index contributed by atoms with van der Waals surface area (Å²) in [4.78, 5) is 4.19. The molecule has 0 radical (unpaired) electrons. The highest BCUT2D eigenvalue weighted by molar-refractivity contribution is 5.53. The number of rotatable bonds is 7. The quantitative estimate of drug-likeness (QED) is 0.810. The van der Waals surface area contributed by atoms with Crippen molar-refractivity contribution in [3.63, 3.8) is 0 Å². The van der Waals surface area contributed by atoms with Crippen molar-refractivity contribution in [1.82, 2.24) is 4.98 Å². The van der Waals surface area contributed by atoms with Crippen molar-refractivity contribution in [2.24, 2.45) is 0 Å². The van der Waals surface area contributed by atoms with E-state index in [9.17, 15) is 4.39 Å². The number of unbranched alkanes of at least 4 members (excludes halogenated alkanes) is 1. The van der Waals surface area contributed by atoms with E-state index in [-0.39, 0.29) is 11.9 Å². The molecule has 3 nitrogen and oxygen atoms in total. The van der Waals surface area contributed by atoms with Crippen LogP contribution in [0.4, 0.5) is 10.1 Å². The molecular weight excluding hydrogens is 267 g/mol. The maximum Gasteiger partial charge on any atom is 0.237 e. The monoisotopic (exact) mass is 288 g/mol. The summed E-state index contributed by atoms with van der Waals surface area (Å²) in [5, 5.41) is 3.46. The van der Waals surface area contributed by atoms with Gasteiger partial charge < -0.3 is 10.1 Å². The SMILES string of the molecule is CCCCC(Nc1cccnc1OC)c1ccc(F)cc1. The maximum absolute atomic E-state index is 13.1. The molecule has 0 amide bonds. The Balaban J connectivity index is 2.21. The number of benzene rings is 1. The molecule has 0 spiro atoms. The number of hydrogen-bond acceptors (Lipinski definition) is 3. The highest BCUT2D eigenvalue weighted by Gasteiger charge is 2.13. The Bertz CT molecular complexity index is 557. The van der Waals surface area contributed by atoms with Gasteiger partial charge in [0.2, 0.25) is 5.88 Å². The van der Waals surface area contributed by atoms with Gasteiger partial charge in [-0.25, -0.2) is 9.37 Å². The third-order valence-electron chi connectivity index (χ3n) is 3.41. The fraction of sp³-hybridized carbons (Fsp3) is 0.353. The molecule has 1 aromatic heterocycles. The van der Waals surface area contributed by atoms with Crippen LogP contribution in [-0.4, -0.2) is 12.1 Å². The zero-order valence-corrected chi connectivity index (χ0v) is 12.5. The van der Waals surface area contributed by atoms with E-state index in [1.807, 2.05) is 24.3 Å². The molecule has 2 rings (SSSR count). The van der Waals surface area contributed by atoms with Gasteiger partial charge in [0.05, 0.1) is 18.8 Å². The van der Waals surface area contributed by atoms with Gasteiger partial charge in [0, 0.05) is 6.20 Å². The lowest BCUT2D eigenvalue weighted by Crippen LogP contribution is -2.12. The lowest BCUT2D eigenvalue weighted by molar-refractivity contribution is 0.399. The first-order valence-corrected chi connectivity index (χ1v) is 7.25. The second-order valence-corrected chi connectivity index (χ2v) is 4.95. The van der Waals surface area contributed by atoms with Gasteiger partial charge in [-0.3, -0.25) is 0 Å². The number of nitrogens with one attached hydrogen (secondary N) is 1. The summed E-state index contributed by atoms with van der Waals surface area (Å²) in [5.74, 6) is 0.355. The normalized spacial score (nSPS) is 12.0. The molecule has 112 valence electrons. The lowest BCUT2D eigenvalue weighted by atomic mass is 10.0. The van der Waals surface area contributed by atoms with E-state index in [4.69, 9.17) is 4.74 Å². The topological polar surface area (TPSA) is 34.2 Å². The van der Waals surface area contributed by atoms with Gasteiger partial charge in [0.25, 0.3) is 0 Å². The summed E-state index contributed by atoms with van der Waals surface area (Å²) in [7, 11) is 1.60. The Morgan fingerprint density at radius 2 is 2.00 bits per heavy atom. The zero-order valence-electron chi connectivity index (χ0n) is 12.5. The van der Waals surface area contributed by atoms with Gasteiger partial charge in [-0.1, -0.05) is 31.9 Å². The first-order valence-electron chi connectivity index (χ1n) is 7.25. The predicted molar refractivity (Wildman–Crippen MR) is 83.1 cm³/mol. The van der Waals surface area contributed by atoms with Crippen LogP contribution in [0.1, 0.15) is 37.8 Å². The average Bonchev–Trinajstić information content (AvgIpc) is 2.52. The molecule has 4 heteroatoms. The van der Waals surface area contributed by atoms with Crippen LogP contribution in [0.5, 0.6) is 5.88 Å². The zero-order chi connectivity index (χ0) is 15.1. The van der Waals surface area contributed by atoms with Crippen molar-refractivity contribution in [2.75, 3.05) is 12.4 Å². The second kappa shape index (κ2) is 7.62. The van der Waals surface area contributed by atoms with E-state index in [1.165, 1.54) is 12.1 Å². The molecule has 0 saturated heterocycles. The maximum atomic E-state index is 13.1. The molecular formula is C17H21FN2O. The molecule has 2 aromatic rings. The molecule has 0 fully saturated rings. The molecule has 0 saturated carbocycles. The van der Waals surface area contributed by atoms with Crippen molar-refractivity contribution in [3.8, 4) is 5.88 Å². The summed E-state index contributed by atoms with van der Waals surface area (Å²) in [6.45, 7) is 2.16. The number of hydrogen-bond donors (Lipinski definition) is 1. The van der Waals surface area contributed by atoms with Gasteiger partial charge in [-0.15, -0.1) is 0 Å². The van der Waals surface area contributed by atoms with Crippen molar-refractivity contribution >= 4 is 5.69 Å². The van der Waals surface area contributed by atoms with E-state index < -0.39 is 0 Å². The minimum absolute atomic E-state index is 0.114. The van der Waals surface area contributed by atoms with Crippen molar-refractivity contribution in [1.29, 1.82) is 0 Å². The third-order valence-corrected chi connectivity index (χ3v) is 3.41. The summed E-state index contributed by atoms with van der Waals surface area (Å²) in [5.41, 5.74) is 1.92. The third kappa shape index (κ3) is 4.18. The number of halogens is 1. The highest BCUT2D eigenvalue weighted by atomic mass is 19.1. The van der Waals surface area contributed by atoms with Crippen LogP contribution in [0.25, 0.3) is 0 Å². The first kappa shape index (κ1) is 15.3. The van der Waals surface area contributed by atoms with Gasteiger partial charge in [-0.2, -0.15) is 0 Å². The predicted octanol–water partition coefficient (Wildman–Crippen LogP) is 4.57. The van der Waals surface area contributed by atoms with Crippen LogP contribution in [-0.2, 0) is 0 Å². The van der Waals surface area contributed by atoms with Gasteiger partial charge in [-0.05, 0) is 36.2 Å². The molecule has 1 N–H and O–H groups in total. The van der Waals surface area contributed by atoms with Crippen LogP contribution in [0.15, 0.2) is 42.6 Å². The largest absolute Gasteiger partial charge is 0.480 e. The second-order valence-electron chi connectivity index (χ2n) is 4.95. The summed E-state index contributed by atoms with van der Waals surface area (Å²) in [6.07, 6.45) is 4.88. The molecule has 1 heterocycles. The molecule has 0 aliphatic carbocycles. The van der Waals surface area contributed by atoms with Crippen LogP contribution >= 0.6 is 0 Å². The molecule has 0 aliphatic heterocycles. The molecule has 1 unspecified atom stereocenters. The highest BCUT2D eigenvalue weighted by Crippen LogP contribution is 2.29. The Kier molecular flexibility index (Phi) is 5.55. The minimum atomic E-state index is -0.216. The Hall–Kier alpha value is -2.10. The average molecular weight is 288 g/mol. The van der Waals surface area contributed by atoms with Crippen LogP contribution in [0.2, 0.25) is 0 Å². The van der Waals surface area contributed by atoms with Gasteiger partial charge >= 0.3 is 0 Å². The summed E-state index contributed by atoms with van der Waals surface area (Å²) < 4.78 is 18.4. The number of pyridine rings is 1. The number of anilines is 1. The Labute approximate surface area is 125 Å². The molecule has 0 bridgehead atoms. The first-order chi connectivity index (χ1) is 10.2. The fourth-order valence-corrected chi connectivity index (χ4v) is 2.28. The number of methoxy groups -OCH3 is 1. The van der Waals surface area contributed by atoms with E-state index in [1.54, 1.807) is 13.3 Å². The van der Waals surface area contributed by atoms with Crippen LogP contribution in [0.3, 0.4) is 0 Å². The fourth-order valence-electron chi connectivity index (χ4n) is 2.28. The summed E-state index contributed by atoms with van der Waals surface area (Å²) in [6, 6.07) is 10.6. The van der Waals surface area contributed by atoms with E-state index in [2.05, 4.69) is 17.2 Å². The van der Waals surface area contributed by atoms with E-state index in [0.29, 0.717) is 5.88 Å². The van der Waals surface area contributed by atoms with E-state index >= 15 is 0 Å². The molecule has 0 aliphatic rings. The molecule has 1 atom stereocenters. The van der Waals surface area contributed by atoms with Crippen LogP contribution < -0.4 is 10.1 Å². The number of ether oxygens (including phenoxy) is 1. The standard InChI is InChI=1S/C17H21FN2O/c1-3-4-6-15(13-8-10-14(18)11-9-13)20-16-7-5-12-19-17(16)21-2/h5,7-12,15,20H,3-4,6H2,1-2H3. The smallest absolute Gasteiger partial charge is 0.237 e. The lowest BCUT2D eigenvalue weighted by Gasteiger charge is -2.21. The Morgan fingerprint density at radius 3 is 2.67 bits per heavy atom. The molecule has 1 aromatic carbocycles. The van der Waals surface area contributed by atoms with Crippen molar-refractivity contribution in [2.45, 2.75) is 32.2 Å². The van der Waals surface area contributed by atoms with Crippen LogP contribution in [0, 0.1) is 5.82 Å².